The highest BCUT2D eigenvalue weighted by atomic mass is 32.1. The molecular weight excluding hydrogens is 364 g/mol. The average Bonchev–Trinajstić information content (AvgIpc) is 3.22. The summed E-state index contributed by atoms with van der Waals surface area (Å²) in [5.74, 6) is 0.425. The Morgan fingerprint density at radius 3 is 2.81 bits per heavy atom. The highest BCUT2D eigenvalue weighted by Gasteiger charge is 2.17. The Morgan fingerprint density at radius 1 is 1.23 bits per heavy atom. The average molecular weight is 385 g/mol. The zero-order valence-corrected chi connectivity index (χ0v) is 16.8. The first-order valence-corrected chi connectivity index (χ1v) is 10.2. The third-order valence-corrected chi connectivity index (χ3v) is 6.20. The molecule has 0 aliphatic heterocycles. The lowest BCUT2D eigenvalue weighted by molar-refractivity contribution is 0.103. The summed E-state index contributed by atoms with van der Waals surface area (Å²) in [7, 11) is 0. The first-order valence-electron chi connectivity index (χ1n) is 8.56. The van der Waals surface area contributed by atoms with Gasteiger partial charge in [-0.2, -0.15) is 5.10 Å². The van der Waals surface area contributed by atoms with Gasteiger partial charge in [0.1, 0.15) is 4.83 Å². The number of aromatic nitrogens is 3. The molecule has 134 valence electrons. The second-order valence-electron chi connectivity index (χ2n) is 6.86. The van der Waals surface area contributed by atoms with Crippen LogP contribution in [0.1, 0.15) is 34.2 Å². The maximum atomic E-state index is 12.7. The number of aryl methyl sites for hydroxylation is 2. The molecule has 0 atom stereocenters. The van der Waals surface area contributed by atoms with Crippen molar-refractivity contribution in [2.24, 2.45) is 5.92 Å². The van der Waals surface area contributed by atoms with Gasteiger partial charge in [0.15, 0.2) is 0 Å². The Kier molecular flexibility index (Phi) is 4.28. The number of hydrogen-bond acceptors (Lipinski definition) is 5. The lowest BCUT2D eigenvalue weighted by Crippen LogP contribution is -2.10. The molecule has 0 aliphatic rings. The van der Waals surface area contributed by atoms with Crippen LogP contribution >= 0.6 is 22.7 Å². The van der Waals surface area contributed by atoms with Gasteiger partial charge < -0.3 is 5.32 Å². The van der Waals surface area contributed by atoms with Crippen molar-refractivity contribution < 1.29 is 4.79 Å². The number of nitrogens with one attached hydrogen (secondary N) is 1. The summed E-state index contributed by atoms with van der Waals surface area (Å²) in [6, 6.07) is 7.78. The van der Waals surface area contributed by atoms with Crippen molar-refractivity contribution in [3.8, 4) is 0 Å². The van der Waals surface area contributed by atoms with Gasteiger partial charge in [-0.05, 0) is 44.0 Å². The van der Waals surface area contributed by atoms with Gasteiger partial charge in [0.2, 0.25) is 0 Å². The fourth-order valence-corrected chi connectivity index (χ4v) is 4.94. The minimum absolute atomic E-state index is 0.0812. The number of thiophene rings is 1. The first-order chi connectivity index (χ1) is 12.4. The summed E-state index contributed by atoms with van der Waals surface area (Å²) in [5.41, 5.74) is 2.73. The molecule has 0 saturated heterocycles. The maximum Gasteiger partial charge on any atom is 0.265 e. The molecule has 3 aromatic heterocycles. The van der Waals surface area contributed by atoms with Crippen molar-refractivity contribution in [3.63, 3.8) is 0 Å². The molecule has 1 amide bonds. The standard InChI is InChI=1S/C19H20N4OS2/c1-10(2)9-23-19-14(11(3)22-23)8-17(26-19)18(24)21-13-5-6-15-16(7-13)25-12(4)20-15/h5-8,10H,9H2,1-4H3,(H,21,24). The fourth-order valence-electron chi connectivity index (χ4n) is 3.00. The van der Waals surface area contributed by atoms with Gasteiger partial charge in [-0.1, -0.05) is 13.8 Å². The van der Waals surface area contributed by atoms with E-state index in [2.05, 4.69) is 29.2 Å². The van der Waals surface area contributed by atoms with Gasteiger partial charge >= 0.3 is 0 Å². The molecule has 0 fully saturated rings. The van der Waals surface area contributed by atoms with Gasteiger partial charge in [0.05, 0.1) is 25.8 Å². The van der Waals surface area contributed by atoms with Crippen molar-refractivity contribution in [3.05, 3.63) is 39.8 Å². The van der Waals surface area contributed by atoms with E-state index >= 15 is 0 Å². The lowest BCUT2D eigenvalue weighted by atomic mass is 10.2. The third kappa shape index (κ3) is 3.12. The molecule has 0 saturated carbocycles. The van der Waals surface area contributed by atoms with E-state index in [1.54, 1.807) is 11.3 Å². The van der Waals surface area contributed by atoms with E-state index in [0.29, 0.717) is 10.8 Å². The summed E-state index contributed by atoms with van der Waals surface area (Å²) in [6.07, 6.45) is 0. The number of anilines is 1. The minimum Gasteiger partial charge on any atom is -0.321 e. The summed E-state index contributed by atoms with van der Waals surface area (Å²) in [5, 5.41) is 9.70. The van der Waals surface area contributed by atoms with Crippen molar-refractivity contribution >= 4 is 54.7 Å². The zero-order chi connectivity index (χ0) is 18.4. The van der Waals surface area contributed by atoms with Crippen LogP contribution in [0, 0.1) is 19.8 Å². The van der Waals surface area contributed by atoms with E-state index in [-0.39, 0.29) is 5.91 Å². The smallest absolute Gasteiger partial charge is 0.265 e. The van der Waals surface area contributed by atoms with Crippen LogP contribution in [0.5, 0.6) is 0 Å². The van der Waals surface area contributed by atoms with Crippen molar-refractivity contribution in [2.45, 2.75) is 34.2 Å². The highest BCUT2D eigenvalue weighted by Crippen LogP contribution is 2.30. The van der Waals surface area contributed by atoms with Gasteiger partial charge in [0.25, 0.3) is 5.91 Å². The Morgan fingerprint density at radius 2 is 2.04 bits per heavy atom. The SMILES string of the molecule is Cc1nc2ccc(NC(=O)c3cc4c(C)nn(CC(C)C)c4s3)cc2s1. The van der Waals surface area contributed by atoms with Crippen LogP contribution in [0.4, 0.5) is 5.69 Å². The minimum atomic E-state index is -0.0812. The van der Waals surface area contributed by atoms with Crippen LogP contribution in [0.15, 0.2) is 24.3 Å². The predicted octanol–water partition coefficient (Wildman–Crippen LogP) is 5.23. The molecule has 5 nitrogen and oxygen atoms in total. The van der Waals surface area contributed by atoms with Crippen molar-refractivity contribution in [1.29, 1.82) is 0 Å². The van der Waals surface area contributed by atoms with Gasteiger partial charge in [-0.25, -0.2) is 4.98 Å². The van der Waals surface area contributed by atoms with E-state index in [4.69, 9.17) is 0 Å². The summed E-state index contributed by atoms with van der Waals surface area (Å²) >= 11 is 3.13. The number of amides is 1. The normalized spacial score (nSPS) is 11.7. The molecule has 0 unspecified atom stereocenters. The number of rotatable bonds is 4. The monoisotopic (exact) mass is 384 g/mol. The Bertz CT molecular complexity index is 1120. The first kappa shape index (κ1) is 17.2. The number of benzene rings is 1. The second-order valence-corrected chi connectivity index (χ2v) is 9.13. The lowest BCUT2D eigenvalue weighted by Gasteiger charge is -2.05. The number of carbonyl (C=O) groups is 1. The summed E-state index contributed by atoms with van der Waals surface area (Å²) in [4.78, 5) is 19.0. The highest BCUT2D eigenvalue weighted by molar-refractivity contribution is 7.20. The van der Waals surface area contributed by atoms with Crippen molar-refractivity contribution in [2.75, 3.05) is 5.32 Å². The topological polar surface area (TPSA) is 59.8 Å². The molecular formula is C19H20N4OS2. The van der Waals surface area contributed by atoms with Crippen LogP contribution in [0.25, 0.3) is 20.4 Å². The van der Waals surface area contributed by atoms with Crippen LogP contribution in [-0.4, -0.2) is 20.7 Å². The molecule has 1 N–H and O–H groups in total. The largest absolute Gasteiger partial charge is 0.321 e. The zero-order valence-electron chi connectivity index (χ0n) is 15.2. The van der Waals surface area contributed by atoms with Gasteiger partial charge in [-0.15, -0.1) is 22.7 Å². The number of thiazole rings is 1. The third-order valence-electron chi connectivity index (χ3n) is 4.12. The molecule has 7 heteroatoms. The van der Waals surface area contributed by atoms with Crippen LogP contribution in [0.3, 0.4) is 0 Å². The maximum absolute atomic E-state index is 12.7. The number of hydrogen-bond donors (Lipinski definition) is 1. The molecule has 3 heterocycles. The van der Waals surface area contributed by atoms with Crippen LogP contribution < -0.4 is 5.32 Å². The quantitative estimate of drug-likeness (QED) is 0.524. The molecule has 1 aromatic carbocycles. The Balaban J connectivity index is 1.62. The molecule has 4 rings (SSSR count). The van der Waals surface area contributed by atoms with E-state index in [1.807, 2.05) is 42.8 Å². The second kappa shape index (κ2) is 6.48. The Labute approximate surface area is 159 Å². The number of fused-ring (bicyclic) bond motifs is 2. The fraction of sp³-hybridized carbons (Fsp3) is 0.316. The molecule has 26 heavy (non-hydrogen) atoms. The van der Waals surface area contributed by atoms with E-state index < -0.39 is 0 Å². The van der Waals surface area contributed by atoms with E-state index in [0.717, 1.165) is 43.4 Å². The predicted molar refractivity (Wildman–Crippen MR) is 109 cm³/mol. The molecule has 4 aromatic rings. The molecule has 0 spiro atoms. The molecule has 0 aliphatic carbocycles. The van der Waals surface area contributed by atoms with E-state index in [1.165, 1.54) is 11.3 Å². The summed E-state index contributed by atoms with van der Waals surface area (Å²) in [6.45, 7) is 9.17. The van der Waals surface area contributed by atoms with Gasteiger partial charge in [-0.3, -0.25) is 9.48 Å². The summed E-state index contributed by atoms with van der Waals surface area (Å²) < 4.78 is 3.10. The van der Waals surface area contributed by atoms with E-state index in [9.17, 15) is 4.79 Å². The Hall–Kier alpha value is -2.25. The van der Waals surface area contributed by atoms with Crippen LogP contribution in [0.2, 0.25) is 0 Å². The number of nitrogens with zero attached hydrogens (tertiary/aromatic N) is 3. The van der Waals surface area contributed by atoms with Crippen LogP contribution in [-0.2, 0) is 6.54 Å². The molecule has 0 radical (unpaired) electrons. The molecule has 0 bridgehead atoms. The van der Waals surface area contributed by atoms with Crippen molar-refractivity contribution in [1.82, 2.24) is 14.8 Å². The number of carbonyl (C=O) groups excluding carboxylic acids is 1. The van der Waals surface area contributed by atoms with Gasteiger partial charge in [0, 0.05) is 17.6 Å².